The molecule has 0 spiro atoms. The highest BCUT2D eigenvalue weighted by Gasteiger charge is 2.30. The van der Waals surface area contributed by atoms with Crippen molar-refractivity contribution in [2.45, 2.75) is 25.0 Å². The molecule has 4 aromatic rings. The molecule has 0 bridgehead atoms. The maximum Gasteiger partial charge on any atom is 0.262 e. The fourth-order valence-corrected chi connectivity index (χ4v) is 4.32. The zero-order valence-electron chi connectivity index (χ0n) is 16.5. The van der Waals surface area contributed by atoms with E-state index in [2.05, 4.69) is 15.4 Å². The van der Waals surface area contributed by atoms with E-state index in [1.165, 1.54) is 21.8 Å². The number of hydrogen-bond acceptors (Lipinski definition) is 5. The van der Waals surface area contributed by atoms with Gasteiger partial charge in [0.15, 0.2) is 11.5 Å². The first-order valence-electron chi connectivity index (χ1n) is 9.94. The minimum atomic E-state index is -0.940. The van der Waals surface area contributed by atoms with Gasteiger partial charge in [0.1, 0.15) is 11.5 Å². The largest absolute Gasteiger partial charge is 0.388 e. The van der Waals surface area contributed by atoms with E-state index in [9.17, 15) is 14.3 Å². The van der Waals surface area contributed by atoms with Crippen molar-refractivity contribution in [3.05, 3.63) is 70.4 Å². The molecule has 0 radical (unpaired) electrons. The SMILES string of the molecule is O=c1c2cc(Cl)n(-c3cccc(-n4cc(F)cn4)c3)c2ncn1CC1(O)CCNCC1. The third-order valence-electron chi connectivity index (χ3n) is 5.64. The summed E-state index contributed by atoms with van der Waals surface area (Å²) in [6.45, 7) is 1.60. The molecule has 8 nitrogen and oxygen atoms in total. The maximum absolute atomic E-state index is 13.4. The Morgan fingerprint density at radius 3 is 2.74 bits per heavy atom. The van der Waals surface area contributed by atoms with E-state index in [0.29, 0.717) is 53.5 Å². The number of aromatic nitrogens is 5. The summed E-state index contributed by atoms with van der Waals surface area (Å²) in [7, 11) is 0. The Morgan fingerprint density at radius 1 is 1.23 bits per heavy atom. The Kier molecular flexibility index (Phi) is 4.88. The molecule has 1 aromatic carbocycles. The Balaban J connectivity index is 1.56. The van der Waals surface area contributed by atoms with Crippen LogP contribution in [0.4, 0.5) is 4.39 Å². The van der Waals surface area contributed by atoms with Gasteiger partial charge in [-0.25, -0.2) is 14.1 Å². The van der Waals surface area contributed by atoms with E-state index in [1.54, 1.807) is 28.8 Å². The number of aliphatic hydroxyl groups is 1. The van der Waals surface area contributed by atoms with Crippen LogP contribution in [0.2, 0.25) is 5.15 Å². The third-order valence-corrected chi connectivity index (χ3v) is 5.92. The van der Waals surface area contributed by atoms with E-state index in [4.69, 9.17) is 11.6 Å². The molecule has 0 aliphatic carbocycles. The lowest BCUT2D eigenvalue weighted by atomic mass is 9.92. The summed E-state index contributed by atoms with van der Waals surface area (Å²) in [5.41, 5.74) is 0.510. The molecule has 1 aliphatic rings. The Hall–Kier alpha value is -3.01. The molecule has 0 amide bonds. The average molecular weight is 443 g/mol. The average Bonchev–Trinajstić information content (AvgIpc) is 3.34. The van der Waals surface area contributed by atoms with Gasteiger partial charge in [0.25, 0.3) is 5.56 Å². The van der Waals surface area contributed by atoms with Crippen molar-refractivity contribution in [2.24, 2.45) is 0 Å². The second kappa shape index (κ2) is 7.60. The van der Waals surface area contributed by atoms with Gasteiger partial charge in [-0.2, -0.15) is 5.10 Å². The van der Waals surface area contributed by atoms with Gasteiger partial charge in [-0.3, -0.25) is 13.9 Å². The predicted octanol–water partition coefficient (Wildman–Crippen LogP) is 2.28. The number of nitrogens with one attached hydrogen (secondary N) is 1. The number of nitrogens with zero attached hydrogens (tertiary/aromatic N) is 5. The smallest absolute Gasteiger partial charge is 0.262 e. The molecule has 1 aliphatic heterocycles. The first kappa shape index (κ1) is 19.9. The number of rotatable bonds is 4. The summed E-state index contributed by atoms with van der Waals surface area (Å²) in [5, 5.41) is 18.7. The minimum absolute atomic E-state index is 0.180. The zero-order valence-corrected chi connectivity index (χ0v) is 17.3. The Morgan fingerprint density at radius 2 is 2.00 bits per heavy atom. The molecule has 31 heavy (non-hydrogen) atoms. The number of hydrogen-bond donors (Lipinski definition) is 2. The van der Waals surface area contributed by atoms with Crippen LogP contribution in [-0.4, -0.2) is 47.7 Å². The lowest BCUT2D eigenvalue weighted by molar-refractivity contribution is -0.00628. The molecule has 1 saturated heterocycles. The van der Waals surface area contributed by atoms with Crippen LogP contribution in [0.5, 0.6) is 0 Å². The minimum Gasteiger partial charge on any atom is -0.388 e. The molecular weight excluding hydrogens is 423 g/mol. The summed E-state index contributed by atoms with van der Waals surface area (Å²) in [6.07, 6.45) is 4.99. The lowest BCUT2D eigenvalue weighted by Gasteiger charge is -2.32. The number of halogens is 2. The van der Waals surface area contributed by atoms with Crippen LogP contribution in [-0.2, 0) is 6.54 Å². The third kappa shape index (κ3) is 3.65. The Bertz CT molecular complexity index is 1320. The summed E-state index contributed by atoms with van der Waals surface area (Å²) < 4.78 is 17.9. The first-order chi connectivity index (χ1) is 14.9. The van der Waals surface area contributed by atoms with E-state index in [0.717, 1.165) is 6.20 Å². The van der Waals surface area contributed by atoms with Crippen LogP contribution >= 0.6 is 11.6 Å². The fraction of sp³-hybridized carbons (Fsp3) is 0.286. The molecule has 1 fully saturated rings. The van der Waals surface area contributed by atoms with Gasteiger partial charge in [-0.15, -0.1) is 0 Å². The highest BCUT2D eigenvalue weighted by molar-refractivity contribution is 6.31. The number of piperidine rings is 1. The summed E-state index contributed by atoms with van der Waals surface area (Å²) >= 11 is 6.48. The second-order valence-electron chi connectivity index (χ2n) is 7.81. The van der Waals surface area contributed by atoms with Crippen LogP contribution < -0.4 is 10.9 Å². The van der Waals surface area contributed by atoms with Crippen molar-refractivity contribution in [2.75, 3.05) is 13.1 Å². The molecule has 0 unspecified atom stereocenters. The van der Waals surface area contributed by atoms with Crippen LogP contribution in [0.25, 0.3) is 22.4 Å². The summed E-state index contributed by atoms with van der Waals surface area (Å²) in [4.78, 5) is 17.6. The molecule has 5 rings (SSSR count). The summed E-state index contributed by atoms with van der Waals surface area (Å²) in [5.74, 6) is -0.438. The molecule has 0 atom stereocenters. The van der Waals surface area contributed by atoms with Gasteiger partial charge in [0.2, 0.25) is 0 Å². The predicted molar refractivity (Wildman–Crippen MR) is 114 cm³/mol. The van der Waals surface area contributed by atoms with Crippen molar-refractivity contribution >= 4 is 22.6 Å². The van der Waals surface area contributed by atoms with Gasteiger partial charge >= 0.3 is 0 Å². The van der Waals surface area contributed by atoms with E-state index >= 15 is 0 Å². The monoisotopic (exact) mass is 442 g/mol. The van der Waals surface area contributed by atoms with Crippen molar-refractivity contribution in [1.82, 2.24) is 29.2 Å². The van der Waals surface area contributed by atoms with Crippen molar-refractivity contribution in [1.29, 1.82) is 0 Å². The van der Waals surface area contributed by atoms with Crippen LogP contribution in [0, 0.1) is 5.82 Å². The fourth-order valence-electron chi connectivity index (χ4n) is 4.03. The molecule has 160 valence electrons. The topological polar surface area (TPSA) is 89.9 Å². The zero-order chi connectivity index (χ0) is 21.6. The van der Waals surface area contributed by atoms with Gasteiger partial charge in [0.05, 0.1) is 41.3 Å². The molecular formula is C21H20ClFN6O2. The summed E-state index contributed by atoms with van der Waals surface area (Å²) in [6, 6.07) is 8.76. The molecule has 0 saturated carbocycles. The van der Waals surface area contributed by atoms with Crippen molar-refractivity contribution < 1.29 is 9.50 Å². The number of benzene rings is 1. The molecule has 2 N–H and O–H groups in total. The lowest BCUT2D eigenvalue weighted by Crippen LogP contribution is -2.46. The van der Waals surface area contributed by atoms with Gasteiger partial charge in [0, 0.05) is 0 Å². The second-order valence-corrected chi connectivity index (χ2v) is 8.20. The van der Waals surface area contributed by atoms with Gasteiger partial charge in [-0.1, -0.05) is 17.7 Å². The van der Waals surface area contributed by atoms with Crippen LogP contribution in [0.15, 0.2) is 53.8 Å². The quantitative estimate of drug-likeness (QED) is 0.506. The normalized spacial score (nSPS) is 16.1. The van der Waals surface area contributed by atoms with E-state index in [-0.39, 0.29) is 12.1 Å². The molecule has 4 heterocycles. The maximum atomic E-state index is 13.4. The van der Waals surface area contributed by atoms with Crippen molar-refractivity contribution in [3.8, 4) is 11.4 Å². The molecule has 3 aromatic heterocycles. The van der Waals surface area contributed by atoms with Crippen LogP contribution in [0.3, 0.4) is 0 Å². The highest BCUT2D eigenvalue weighted by Crippen LogP contribution is 2.26. The first-order valence-corrected chi connectivity index (χ1v) is 10.3. The van der Waals surface area contributed by atoms with E-state index in [1.807, 2.05) is 6.07 Å². The van der Waals surface area contributed by atoms with Gasteiger partial charge < -0.3 is 10.4 Å². The van der Waals surface area contributed by atoms with E-state index < -0.39 is 11.4 Å². The Labute approximate surface area is 181 Å². The van der Waals surface area contributed by atoms with Gasteiger partial charge in [-0.05, 0) is 50.2 Å². The molecule has 10 heteroatoms. The van der Waals surface area contributed by atoms with Crippen LogP contribution in [0.1, 0.15) is 12.8 Å². The highest BCUT2D eigenvalue weighted by atomic mass is 35.5. The number of fused-ring (bicyclic) bond motifs is 1. The van der Waals surface area contributed by atoms with Crippen molar-refractivity contribution in [3.63, 3.8) is 0 Å². The standard InChI is InChI=1S/C21H20ClFN6O2/c22-18-9-17-19(25-13-27(20(17)30)12-21(31)4-6-24-7-5-21)29(18)16-3-1-2-15(8-16)28-11-14(23)10-26-28/h1-3,8-11,13,24,31H,4-7,12H2.